The van der Waals surface area contributed by atoms with Crippen LogP contribution in [0.5, 0.6) is 0 Å². The molecule has 2 amide bonds. The largest absolute Gasteiger partial charge is 0.452 e. The molecule has 1 fully saturated rings. The van der Waals surface area contributed by atoms with Gasteiger partial charge in [-0.3, -0.25) is 14.5 Å². The number of hydrogen-bond donors (Lipinski definition) is 1. The molecule has 8 nitrogen and oxygen atoms in total. The van der Waals surface area contributed by atoms with Crippen LogP contribution in [0.3, 0.4) is 0 Å². The number of carbonyl (C=O) groups excluding carboxylic acids is 3. The van der Waals surface area contributed by atoms with Gasteiger partial charge >= 0.3 is 5.97 Å². The number of amides is 2. The third kappa shape index (κ3) is 3.90. The van der Waals surface area contributed by atoms with Crippen molar-refractivity contribution in [1.29, 1.82) is 0 Å². The van der Waals surface area contributed by atoms with Gasteiger partial charge in [0.05, 0.1) is 10.5 Å². The number of carbonyl (C=O) groups is 3. The molecule has 0 aromatic heterocycles. The van der Waals surface area contributed by atoms with E-state index >= 15 is 0 Å². The molecule has 0 unspecified atom stereocenters. The first-order valence-electron chi connectivity index (χ1n) is 6.53. The fraction of sp³-hybridized carbons (Fsp3) is 0.308. The van der Waals surface area contributed by atoms with Gasteiger partial charge in [-0.05, 0) is 24.6 Å². The van der Waals surface area contributed by atoms with E-state index in [2.05, 4.69) is 4.74 Å². The molecule has 1 saturated heterocycles. The SMILES string of the molecule is NS(=O)(=O)c1ccc(F)c(C(=O)OCC(=O)N2CCCC2=O)c1. The van der Waals surface area contributed by atoms with Crippen LogP contribution in [0.1, 0.15) is 23.2 Å². The lowest BCUT2D eigenvalue weighted by molar-refractivity contribution is -0.143. The first-order valence-corrected chi connectivity index (χ1v) is 8.07. The summed E-state index contributed by atoms with van der Waals surface area (Å²) in [6.07, 6.45) is 0.772. The minimum Gasteiger partial charge on any atom is -0.452 e. The predicted molar refractivity (Wildman–Crippen MR) is 74.0 cm³/mol. The molecule has 0 atom stereocenters. The quantitative estimate of drug-likeness (QED) is 0.753. The highest BCUT2D eigenvalue weighted by Crippen LogP contribution is 2.15. The maximum Gasteiger partial charge on any atom is 0.341 e. The molecule has 1 aliphatic rings. The van der Waals surface area contributed by atoms with E-state index in [-0.39, 0.29) is 18.9 Å². The highest BCUT2D eigenvalue weighted by molar-refractivity contribution is 7.89. The molecular weight excluding hydrogens is 331 g/mol. The van der Waals surface area contributed by atoms with Crippen molar-refractivity contribution in [2.75, 3.05) is 13.2 Å². The van der Waals surface area contributed by atoms with E-state index in [1.807, 2.05) is 0 Å². The number of nitrogens with two attached hydrogens (primary N) is 1. The van der Waals surface area contributed by atoms with Crippen molar-refractivity contribution in [1.82, 2.24) is 4.90 Å². The second-order valence-corrected chi connectivity index (χ2v) is 6.37. The number of ether oxygens (including phenoxy) is 1. The molecule has 124 valence electrons. The summed E-state index contributed by atoms with van der Waals surface area (Å²) in [5.41, 5.74) is -0.669. The molecule has 1 aliphatic heterocycles. The van der Waals surface area contributed by atoms with Crippen LogP contribution in [0.4, 0.5) is 4.39 Å². The van der Waals surface area contributed by atoms with Gasteiger partial charge in [0, 0.05) is 13.0 Å². The van der Waals surface area contributed by atoms with Crippen LogP contribution in [0.15, 0.2) is 23.1 Å². The number of imide groups is 1. The van der Waals surface area contributed by atoms with Crippen molar-refractivity contribution in [3.8, 4) is 0 Å². The standard InChI is InChI=1S/C13H13FN2O6S/c14-10-4-3-8(23(15,20)21)6-9(10)13(19)22-7-12(18)16-5-1-2-11(16)17/h3-4,6H,1-2,5,7H2,(H2,15,20,21). The molecule has 2 rings (SSSR count). The topological polar surface area (TPSA) is 124 Å². The van der Waals surface area contributed by atoms with Gasteiger partial charge in [0.2, 0.25) is 15.9 Å². The van der Waals surface area contributed by atoms with Crippen LogP contribution in [0.2, 0.25) is 0 Å². The molecule has 0 saturated carbocycles. The predicted octanol–water partition coefficient (Wildman–Crippen LogP) is -0.221. The van der Waals surface area contributed by atoms with E-state index in [1.165, 1.54) is 0 Å². The van der Waals surface area contributed by atoms with Crippen molar-refractivity contribution < 1.29 is 31.9 Å². The highest BCUT2D eigenvalue weighted by atomic mass is 32.2. The molecule has 0 spiro atoms. The number of likely N-dealkylation sites (tertiary alicyclic amines) is 1. The maximum atomic E-state index is 13.6. The van der Waals surface area contributed by atoms with Crippen molar-refractivity contribution in [2.45, 2.75) is 17.7 Å². The van der Waals surface area contributed by atoms with Crippen LogP contribution in [0, 0.1) is 5.82 Å². The van der Waals surface area contributed by atoms with Crippen molar-refractivity contribution in [3.63, 3.8) is 0 Å². The van der Waals surface area contributed by atoms with Crippen LogP contribution in [-0.4, -0.2) is 44.3 Å². The number of halogens is 1. The van der Waals surface area contributed by atoms with Gasteiger partial charge in [-0.1, -0.05) is 0 Å². The Bertz CT molecular complexity index is 777. The zero-order chi connectivity index (χ0) is 17.2. The molecule has 0 aliphatic carbocycles. The Kier molecular flexibility index (Phi) is 4.76. The fourth-order valence-electron chi connectivity index (χ4n) is 2.03. The van der Waals surface area contributed by atoms with Gasteiger partial charge in [0.25, 0.3) is 5.91 Å². The fourth-order valence-corrected chi connectivity index (χ4v) is 2.57. The Balaban J connectivity index is 2.09. The molecular formula is C13H13FN2O6S. The van der Waals surface area contributed by atoms with Crippen LogP contribution in [0.25, 0.3) is 0 Å². The molecule has 1 heterocycles. The smallest absolute Gasteiger partial charge is 0.341 e. The minimum atomic E-state index is -4.12. The summed E-state index contributed by atoms with van der Waals surface area (Å²) in [5, 5.41) is 4.90. The maximum absolute atomic E-state index is 13.6. The third-order valence-corrected chi connectivity index (χ3v) is 4.10. The Morgan fingerprint density at radius 2 is 2.04 bits per heavy atom. The summed E-state index contributed by atoms with van der Waals surface area (Å²) in [6, 6.07) is 2.37. The minimum absolute atomic E-state index is 0.241. The first-order chi connectivity index (χ1) is 10.7. The van der Waals surface area contributed by atoms with Crippen molar-refractivity contribution >= 4 is 27.8 Å². The Morgan fingerprint density at radius 1 is 1.35 bits per heavy atom. The van der Waals surface area contributed by atoms with E-state index in [1.54, 1.807) is 0 Å². The number of sulfonamides is 1. The summed E-state index contributed by atoms with van der Waals surface area (Å²) in [6.45, 7) is -0.506. The molecule has 0 radical (unpaired) electrons. The van der Waals surface area contributed by atoms with Gasteiger partial charge in [0.15, 0.2) is 6.61 Å². The van der Waals surface area contributed by atoms with E-state index in [0.717, 1.165) is 23.1 Å². The third-order valence-electron chi connectivity index (χ3n) is 3.19. The number of esters is 1. The van der Waals surface area contributed by atoms with Gasteiger partial charge in [-0.2, -0.15) is 0 Å². The Labute approximate surface area is 131 Å². The van der Waals surface area contributed by atoms with Gasteiger partial charge in [-0.15, -0.1) is 0 Å². The summed E-state index contributed by atoms with van der Waals surface area (Å²) in [5.74, 6) is -3.34. The average Bonchev–Trinajstić information content (AvgIpc) is 2.90. The van der Waals surface area contributed by atoms with Gasteiger partial charge in [0.1, 0.15) is 5.82 Å². The summed E-state index contributed by atoms with van der Waals surface area (Å²) >= 11 is 0. The van der Waals surface area contributed by atoms with Crippen molar-refractivity contribution in [2.24, 2.45) is 5.14 Å². The lowest BCUT2D eigenvalue weighted by atomic mass is 10.2. The molecule has 0 bridgehead atoms. The molecule has 1 aromatic rings. The summed E-state index contributed by atoms with van der Waals surface area (Å²) in [4.78, 5) is 35.4. The van der Waals surface area contributed by atoms with Gasteiger partial charge < -0.3 is 4.74 Å². The first kappa shape index (κ1) is 17.0. The monoisotopic (exact) mass is 344 g/mol. The average molecular weight is 344 g/mol. The van der Waals surface area contributed by atoms with Crippen molar-refractivity contribution in [3.05, 3.63) is 29.6 Å². The lowest BCUT2D eigenvalue weighted by Gasteiger charge is -2.13. The zero-order valence-electron chi connectivity index (χ0n) is 11.8. The second kappa shape index (κ2) is 6.42. The highest BCUT2D eigenvalue weighted by Gasteiger charge is 2.27. The van der Waals surface area contributed by atoms with E-state index in [0.29, 0.717) is 6.42 Å². The van der Waals surface area contributed by atoms with Crippen LogP contribution >= 0.6 is 0 Å². The number of benzene rings is 1. The van der Waals surface area contributed by atoms with Crippen LogP contribution < -0.4 is 5.14 Å². The molecule has 1 aromatic carbocycles. The molecule has 2 N–H and O–H groups in total. The number of rotatable bonds is 4. The number of hydrogen-bond acceptors (Lipinski definition) is 6. The summed E-state index contributed by atoms with van der Waals surface area (Å²) < 4.78 is 40.7. The van der Waals surface area contributed by atoms with Gasteiger partial charge in [-0.25, -0.2) is 22.7 Å². The lowest BCUT2D eigenvalue weighted by Crippen LogP contribution is -2.35. The number of nitrogens with zero attached hydrogens (tertiary/aromatic N) is 1. The second-order valence-electron chi connectivity index (χ2n) is 4.81. The van der Waals surface area contributed by atoms with E-state index in [9.17, 15) is 27.2 Å². The molecule has 23 heavy (non-hydrogen) atoms. The zero-order valence-corrected chi connectivity index (χ0v) is 12.6. The van der Waals surface area contributed by atoms with E-state index < -0.39 is 44.8 Å². The normalized spacial score (nSPS) is 14.9. The van der Waals surface area contributed by atoms with Crippen LogP contribution in [-0.2, 0) is 24.3 Å². The molecule has 10 heteroatoms. The Hall–Kier alpha value is -2.33. The number of primary sulfonamides is 1. The summed E-state index contributed by atoms with van der Waals surface area (Å²) in [7, 11) is -4.12. The Morgan fingerprint density at radius 3 is 2.61 bits per heavy atom. The van der Waals surface area contributed by atoms with E-state index in [4.69, 9.17) is 5.14 Å².